The minimum absolute atomic E-state index is 0.256. The van der Waals surface area contributed by atoms with Gasteiger partial charge in [0.1, 0.15) is 6.29 Å². The van der Waals surface area contributed by atoms with E-state index in [0.717, 1.165) is 17.0 Å². The van der Waals surface area contributed by atoms with Gasteiger partial charge in [0.25, 0.3) is 0 Å². The van der Waals surface area contributed by atoms with Gasteiger partial charge in [-0.05, 0) is 46.6 Å². The summed E-state index contributed by atoms with van der Waals surface area (Å²) in [6.45, 7) is 22.3. The van der Waals surface area contributed by atoms with Crippen molar-refractivity contribution >= 4 is 52.8 Å². The van der Waals surface area contributed by atoms with Gasteiger partial charge in [-0.3, -0.25) is 4.79 Å². The Morgan fingerprint density at radius 3 is 1.73 bits per heavy atom. The Morgan fingerprint density at radius 2 is 1.31 bits per heavy atom. The van der Waals surface area contributed by atoms with Crippen molar-refractivity contribution in [2.45, 2.75) is 77.8 Å². The lowest BCUT2D eigenvalue weighted by molar-refractivity contribution is 0.112. The molecule has 0 heterocycles. The Labute approximate surface area is 167 Å². The Bertz CT molecular complexity index is 629. The van der Waals surface area contributed by atoms with Crippen molar-refractivity contribution in [1.29, 1.82) is 0 Å². The SMILES string of the molecule is CC(C)(C)[SiH2]O[Si](C)(C)c1ccc([Si](C)(C)O[SiH2]C(C)(C)C)c(C=O)c1. The zero-order valence-corrected chi connectivity index (χ0v) is 23.3. The van der Waals surface area contributed by atoms with E-state index in [-0.39, 0.29) is 10.1 Å². The van der Waals surface area contributed by atoms with Crippen LogP contribution in [0, 0.1) is 0 Å². The van der Waals surface area contributed by atoms with Gasteiger partial charge in [0.2, 0.25) is 16.6 Å². The van der Waals surface area contributed by atoms with Crippen molar-refractivity contribution in [3.8, 4) is 0 Å². The first-order valence-electron chi connectivity index (χ1n) is 9.46. The van der Waals surface area contributed by atoms with Crippen molar-refractivity contribution in [3.63, 3.8) is 0 Å². The molecule has 0 saturated carbocycles. The first-order valence-corrected chi connectivity index (χ1v) is 17.8. The lowest BCUT2D eigenvalue weighted by Gasteiger charge is -2.31. The van der Waals surface area contributed by atoms with E-state index in [2.05, 4.69) is 85.9 Å². The quantitative estimate of drug-likeness (QED) is 0.497. The summed E-state index contributed by atoms with van der Waals surface area (Å²) in [5.41, 5.74) is 0.795. The van der Waals surface area contributed by atoms with Gasteiger partial charge >= 0.3 is 0 Å². The molecule has 26 heavy (non-hydrogen) atoms. The second-order valence-electron chi connectivity index (χ2n) is 10.6. The molecule has 0 fully saturated rings. The molecule has 3 nitrogen and oxygen atoms in total. The Morgan fingerprint density at radius 1 is 0.846 bits per heavy atom. The maximum absolute atomic E-state index is 11.8. The second-order valence-corrected chi connectivity index (χ2v) is 24.9. The second kappa shape index (κ2) is 8.36. The smallest absolute Gasteiger partial charge is 0.206 e. The van der Waals surface area contributed by atoms with Crippen LogP contribution < -0.4 is 10.4 Å². The largest absolute Gasteiger partial charge is 0.457 e. The highest BCUT2D eigenvalue weighted by Crippen LogP contribution is 2.23. The van der Waals surface area contributed by atoms with E-state index in [1.54, 1.807) is 0 Å². The molecule has 0 N–H and O–H groups in total. The third-order valence-electron chi connectivity index (χ3n) is 4.25. The monoisotopic (exact) mass is 426 g/mol. The van der Waals surface area contributed by atoms with E-state index < -0.39 is 36.2 Å². The summed E-state index contributed by atoms with van der Waals surface area (Å²) in [6.07, 6.45) is 1.00. The van der Waals surface area contributed by atoms with Gasteiger partial charge in [-0.1, -0.05) is 59.7 Å². The predicted molar refractivity (Wildman–Crippen MR) is 125 cm³/mol. The number of carbonyl (C=O) groups is 1. The molecule has 0 aliphatic rings. The molecule has 0 aliphatic carbocycles. The summed E-state index contributed by atoms with van der Waals surface area (Å²) in [6, 6.07) is 6.39. The number of hydrogen-bond acceptors (Lipinski definition) is 3. The average molecular weight is 427 g/mol. The van der Waals surface area contributed by atoms with Crippen molar-refractivity contribution < 1.29 is 13.0 Å². The molecule has 0 unspecified atom stereocenters. The highest BCUT2D eigenvalue weighted by Gasteiger charge is 2.32. The highest BCUT2D eigenvalue weighted by atomic mass is 28.4. The molecular formula is C19H38O3Si4. The third-order valence-corrected chi connectivity index (χ3v) is 16.4. The van der Waals surface area contributed by atoms with Gasteiger partial charge in [0.05, 0.1) is 0 Å². The van der Waals surface area contributed by atoms with E-state index in [0.29, 0.717) is 0 Å². The molecule has 0 atom stereocenters. The summed E-state index contributed by atoms with van der Waals surface area (Å²) in [4.78, 5) is 11.8. The summed E-state index contributed by atoms with van der Waals surface area (Å²) < 4.78 is 12.9. The standard InChI is InChI=1S/C19H38O3Si4/c1-18(2,3)23-21-25(7,8)16-11-12-17(15(13-16)14-20)26(9,10)22-24-19(4,5)6/h11-14H,23-24H2,1-10H3. The molecule has 0 radical (unpaired) electrons. The Balaban J connectivity index is 3.12. The summed E-state index contributed by atoms with van der Waals surface area (Å²) >= 11 is 0. The number of benzene rings is 1. The maximum Gasteiger partial charge on any atom is 0.206 e. The van der Waals surface area contributed by atoms with Crippen molar-refractivity contribution in [2.24, 2.45) is 0 Å². The van der Waals surface area contributed by atoms with Gasteiger partial charge in [-0.2, -0.15) is 0 Å². The summed E-state index contributed by atoms with van der Waals surface area (Å²) in [7, 11) is -5.32. The van der Waals surface area contributed by atoms with Gasteiger partial charge in [-0.25, -0.2) is 0 Å². The lowest BCUT2D eigenvalue weighted by Crippen LogP contribution is -2.51. The number of rotatable bonds is 7. The maximum atomic E-state index is 11.8. The van der Waals surface area contributed by atoms with Crippen LogP contribution in [-0.2, 0) is 8.23 Å². The molecule has 7 heteroatoms. The zero-order chi connectivity index (χ0) is 20.4. The van der Waals surface area contributed by atoms with Crippen LogP contribution in [0.15, 0.2) is 18.2 Å². The summed E-state index contributed by atoms with van der Waals surface area (Å²) in [5, 5.41) is 2.85. The first kappa shape index (κ1) is 23.7. The van der Waals surface area contributed by atoms with Crippen LogP contribution in [0.4, 0.5) is 0 Å². The van der Waals surface area contributed by atoms with Gasteiger partial charge in [0.15, 0.2) is 19.5 Å². The number of hydrogen-bond donors (Lipinski definition) is 0. The van der Waals surface area contributed by atoms with Crippen molar-refractivity contribution in [2.75, 3.05) is 0 Å². The van der Waals surface area contributed by atoms with Gasteiger partial charge in [0, 0.05) is 5.56 Å². The van der Waals surface area contributed by atoms with E-state index >= 15 is 0 Å². The Kier molecular flexibility index (Phi) is 7.63. The summed E-state index contributed by atoms with van der Waals surface area (Å²) in [5.74, 6) is 0. The van der Waals surface area contributed by atoms with Crippen LogP contribution in [0.1, 0.15) is 51.9 Å². The van der Waals surface area contributed by atoms with E-state index in [1.807, 2.05) is 0 Å². The minimum Gasteiger partial charge on any atom is -0.457 e. The van der Waals surface area contributed by atoms with Gasteiger partial charge < -0.3 is 8.23 Å². The molecule has 1 aromatic rings. The molecule has 1 rings (SSSR count). The highest BCUT2D eigenvalue weighted by molar-refractivity contribution is 6.89. The number of carbonyl (C=O) groups excluding carboxylic acids is 1. The van der Waals surface area contributed by atoms with Crippen LogP contribution in [0.5, 0.6) is 0 Å². The molecule has 0 saturated heterocycles. The first-order chi connectivity index (χ1) is 11.6. The molecular weight excluding hydrogens is 389 g/mol. The zero-order valence-electron chi connectivity index (χ0n) is 18.4. The van der Waals surface area contributed by atoms with E-state index in [1.165, 1.54) is 5.19 Å². The molecule has 0 aliphatic heterocycles. The third kappa shape index (κ3) is 7.36. The van der Waals surface area contributed by atoms with Crippen LogP contribution in [0.2, 0.25) is 36.3 Å². The molecule has 0 aromatic heterocycles. The Hall–Kier alpha value is -0.322. The van der Waals surface area contributed by atoms with E-state index in [9.17, 15) is 4.79 Å². The molecule has 1 aromatic carbocycles. The molecule has 0 spiro atoms. The number of aldehydes is 1. The van der Waals surface area contributed by atoms with Crippen LogP contribution in [0.3, 0.4) is 0 Å². The lowest BCUT2D eigenvalue weighted by atomic mass is 10.2. The molecule has 0 amide bonds. The van der Waals surface area contributed by atoms with E-state index in [4.69, 9.17) is 8.23 Å². The topological polar surface area (TPSA) is 35.5 Å². The fraction of sp³-hybridized carbons (Fsp3) is 0.632. The normalized spacial score (nSPS) is 14.7. The minimum atomic E-state index is -2.07. The van der Waals surface area contributed by atoms with Crippen LogP contribution in [0.25, 0.3) is 0 Å². The van der Waals surface area contributed by atoms with Crippen LogP contribution in [-0.4, -0.2) is 42.4 Å². The predicted octanol–water partition coefficient (Wildman–Crippen LogP) is 2.96. The van der Waals surface area contributed by atoms with Crippen molar-refractivity contribution in [3.05, 3.63) is 23.8 Å². The van der Waals surface area contributed by atoms with Crippen LogP contribution >= 0.6 is 0 Å². The molecule has 0 bridgehead atoms. The average Bonchev–Trinajstić information content (AvgIpc) is 2.49. The molecule has 148 valence electrons. The fourth-order valence-electron chi connectivity index (χ4n) is 2.54. The fourth-order valence-corrected chi connectivity index (χ4v) is 12.5. The van der Waals surface area contributed by atoms with Crippen molar-refractivity contribution in [1.82, 2.24) is 0 Å². The van der Waals surface area contributed by atoms with Gasteiger partial charge in [-0.15, -0.1) is 0 Å².